The van der Waals surface area contributed by atoms with E-state index in [0.29, 0.717) is 24.0 Å². The average Bonchev–Trinajstić information content (AvgIpc) is 2.37. The molecule has 0 amide bonds. The zero-order valence-corrected chi connectivity index (χ0v) is 11.6. The Kier molecular flexibility index (Phi) is 3.76. The zero-order chi connectivity index (χ0) is 15.0. The van der Waals surface area contributed by atoms with Crippen LogP contribution in [0.5, 0.6) is 0 Å². The van der Waals surface area contributed by atoms with E-state index >= 15 is 0 Å². The number of rotatable bonds is 2. The van der Waals surface area contributed by atoms with Gasteiger partial charge in [0.25, 0.3) is 0 Å². The van der Waals surface area contributed by atoms with Gasteiger partial charge in [0.2, 0.25) is 0 Å². The number of allylic oxidation sites excluding steroid dienone is 2. The van der Waals surface area contributed by atoms with Gasteiger partial charge in [-0.25, -0.2) is 0 Å². The molecule has 0 saturated carbocycles. The summed E-state index contributed by atoms with van der Waals surface area (Å²) in [5.41, 5.74) is 1.72. The van der Waals surface area contributed by atoms with Crippen molar-refractivity contribution in [2.24, 2.45) is 5.41 Å². The highest BCUT2D eigenvalue weighted by Gasteiger charge is 2.31. The van der Waals surface area contributed by atoms with E-state index in [2.05, 4.69) is 13.8 Å². The lowest BCUT2D eigenvalue weighted by Crippen LogP contribution is -2.18. The van der Waals surface area contributed by atoms with Crippen molar-refractivity contribution < 1.29 is 18.0 Å². The first kappa shape index (κ1) is 14.8. The Balaban J connectivity index is 2.38. The molecule has 20 heavy (non-hydrogen) atoms. The second-order valence-electron chi connectivity index (χ2n) is 6.04. The van der Waals surface area contributed by atoms with Gasteiger partial charge in [0, 0.05) is 0 Å². The SMILES string of the molecule is CC1(C)CCC(C=O)=C(c2ccc(C(F)(F)F)cc2)C1. The van der Waals surface area contributed by atoms with E-state index in [1.54, 1.807) is 0 Å². The second-order valence-corrected chi connectivity index (χ2v) is 6.04. The highest BCUT2D eigenvalue weighted by molar-refractivity contribution is 5.89. The van der Waals surface area contributed by atoms with Crippen molar-refractivity contribution >= 4 is 11.9 Å². The maximum Gasteiger partial charge on any atom is 0.416 e. The normalized spacial score (nSPS) is 19.1. The molecule has 0 bridgehead atoms. The first-order chi connectivity index (χ1) is 9.23. The van der Waals surface area contributed by atoms with Gasteiger partial charge >= 0.3 is 6.18 Å². The number of carbonyl (C=O) groups excluding carboxylic acids is 1. The standard InChI is InChI=1S/C16H17F3O/c1-15(2)8-7-12(10-20)14(9-15)11-3-5-13(6-4-11)16(17,18)19/h3-6,10H,7-9H2,1-2H3. The highest BCUT2D eigenvalue weighted by Crippen LogP contribution is 2.42. The summed E-state index contributed by atoms with van der Waals surface area (Å²) in [5.74, 6) is 0. The Morgan fingerprint density at radius 3 is 2.25 bits per heavy atom. The van der Waals surface area contributed by atoms with Gasteiger partial charge < -0.3 is 0 Å². The highest BCUT2D eigenvalue weighted by atomic mass is 19.4. The molecule has 0 radical (unpaired) electrons. The molecule has 4 heteroatoms. The Hall–Kier alpha value is -1.58. The van der Waals surface area contributed by atoms with Gasteiger partial charge in [0.15, 0.2) is 0 Å². The van der Waals surface area contributed by atoms with Gasteiger partial charge in [-0.2, -0.15) is 13.2 Å². The quantitative estimate of drug-likeness (QED) is 0.707. The van der Waals surface area contributed by atoms with Crippen LogP contribution in [-0.2, 0) is 11.0 Å². The van der Waals surface area contributed by atoms with E-state index < -0.39 is 11.7 Å². The second kappa shape index (κ2) is 5.08. The largest absolute Gasteiger partial charge is 0.416 e. The van der Waals surface area contributed by atoms with Gasteiger partial charge in [-0.3, -0.25) is 4.79 Å². The molecule has 108 valence electrons. The fourth-order valence-corrected chi connectivity index (χ4v) is 2.58. The fraction of sp³-hybridized carbons (Fsp3) is 0.438. The molecule has 0 unspecified atom stereocenters. The number of alkyl halides is 3. The van der Waals surface area contributed by atoms with Crippen LogP contribution in [0.3, 0.4) is 0 Å². The number of hydrogen-bond acceptors (Lipinski definition) is 1. The van der Waals surface area contributed by atoms with Crippen LogP contribution in [0.4, 0.5) is 13.2 Å². The molecule has 2 rings (SSSR count). The topological polar surface area (TPSA) is 17.1 Å². The number of carbonyl (C=O) groups is 1. The van der Waals surface area contributed by atoms with Crippen LogP contribution < -0.4 is 0 Å². The molecule has 1 nitrogen and oxygen atoms in total. The Bertz CT molecular complexity index is 536. The molecule has 0 aliphatic heterocycles. The molecular weight excluding hydrogens is 265 g/mol. The summed E-state index contributed by atoms with van der Waals surface area (Å²) in [4.78, 5) is 11.1. The molecule has 0 saturated heterocycles. The minimum atomic E-state index is -4.33. The van der Waals surface area contributed by atoms with E-state index in [4.69, 9.17) is 0 Å². The number of halogens is 3. The van der Waals surface area contributed by atoms with Gasteiger partial charge in [0.1, 0.15) is 6.29 Å². The van der Waals surface area contributed by atoms with Crippen molar-refractivity contribution in [3.8, 4) is 0 Å². The molecule has 0 fully saturated rings. The monoisotopic (exact) mass is 282 g/mol. The third-order valence-corrected chi connectivity index (χ3v) is 3.82. The minimum absolute atomic E-state index is 0.0740. The molecule has 1 aromatic rings. The van der Waals surface area contributed by atoms with Crippen molar-refractivity contribution in [1.82, 2.24) is 0 Å². The summed E-state index contributed by atoms with van der Waals surface area (Å²) in [5, 5.41) is 0. The Labute approximate surface area is 116 Å². The average molecular weight is 282 g/mol. The third kappa shape index (κ3) is 3.11. The predicted molar refractivity (Wildman–Crippen MR) is 72.1 cm³/mol. The summed E-state index contributed by atoms with van der Waals surface area (Å²) in [6, 6.07) is 5.07. The molecule has 0 aromatic heterocycles. The summed E-state index contributed by atoms with van der Waals surface area (Å²) >= 11 is 0. The Morgan fingerprint density at radius 2 is 1.75 bits per heavy atom. The minimum Gasteiger partial charge on any atom is -0.298 e. The fourth-order valence-electron chi connectivity index (χ4n) is 2.58. The van der Waals surface area contributed by atoms with Crippen molar-refractivity contribution in [3.63, 3.8) is 0 Å². The molecule has 1 aromatic carbocycles. The smallest absolute Gasteiger partial charge is 0.298 e. The molecular formula is C16H17F3O. The number of aldehydes is 1. The van der Waals surface area contributed by atoms with Crippen LogP contribution in [0.15, 0.2) is 29.8 Å². The molecule has 0 atom stereocenters. The maximum atomic E-state index is 12.6. The maximum absolute atomic E-state index is 12.6. The first-order valence-electron chi connectivity index (χ1n) is 6.58. The van der Waals surface area contributed by atoms with E-state index in [-0.39, 0.29) is 5.41 Å². The Morgan fingerprint density at radius 1 is 1.15 bits per heavy atom. The van der Waals surface area contributed by atoms with Crippen LogP contribution in [-0.4, -0.2) is 6.29 Å². The summed E-state index contributed by atoms with van der Waals surface area (Å²) < 4.78 is 37.7. The van der Waals surface area contributed by atoms with Crippen molar-refractivity contribution in [1.29, 1.82) is 0 Å². The van der Waals surface area contributed by atoms with Gasteiger partial charge in [0.05, 0.1) is 5.56 Å². The van der Waals surface area contributed by atoms with Crippen molar-refractivity contribution in [2.45, 2.75) is 39.3 Å². The van der Waals surface area contributed by atoms with E-state index in [9.17, 15) is 18.0 Å². The third-order valence-electron chi connectivity index (χ3n) is 3.82. The van der Waals surface area contributed by atoms with Crippen molar-refractivity contribution in [2.75, 3.05) is 0 Å². The number of benzene rings is 1. The molecule has 0 N–H and O–H groups in total. The van der Waals surface area contributed by atoms with Crippen molar-refractivity contribution in [3.05, 3.63) is 41.0 Å². The van der Waals surface area contributed by atoms with Crippen LogP contribution in [0.1, 0.15) is 44.2 Å². The lowest BCUT2D eigenvalue weighted by atomic mass is 9.73. The van der Waals surface area contributed by atoms with E-state index in [1.807, 2.05) is 0 Å². The predicted octanol–water partition coefficient (Wildman–Crippen LogP) is 4.87. The van der Waals surface area contributed by atoms with Gasteiger partial charge in [-0.15, -0.1) is 0 Å². The molecule has 1 aliphatic rings. The lowest BCUT2D eigenvalue weighted by Gasteiger charge is -2.32. The summed E-state index contributed by atoms with van der Waals surface area (Å²) in [7, 11) is 0. The van der Waals surface area contributed by atoms with Crippen LogP contribution >= 0.6 is 0 Å². The van der Waals surface area contributed by atoms with E-state index in [0.717, 1.165) is 30.4 Å². The molecule has 0 heterocycles. The molecule has 0 spiro atoms. The summed E-state index contributed by atoms with van der Waals surface area (Å²) in [6.45, 7) is 4.22. The van der Waals surface area contributed by atoms with Crippen LogP contribution in [0.2, 0.25) is 0 Å². The zero-order valence-electron chi connectivity index (χ0n) is 11.6. The first-order valence-corrected chi connectivity index (χ1v) is 6.58. The van der Waals surface area contributed by atoms with Crippen LogP contribution in [0, 0.1) is 5.41 Å². The molecule has 1 aliphatic carbocycles. The lowest BCUT2D eigenvalue weighted by molar-refractivity contribution is -0.137. The van der Waals surface area contributed by atoms with Gasteiger partial charge in [-0.1, -0.05) is 26.0 Å². The van der Waals surface area contributed by atoms with Crippen LogP contribution in [0.25, 0.3) is 5.57 Å². The van der Waals surface area contributed by atoms with Gasteiger partial charge in [-0.05, 0) is 53.5 Å². The summed E-state index contributed by atoms with van der Waals surface area (Å²) in [6.07, 6.45) is -1.17. The number of hydrogen-bond donors (Lipinski definition) is 0. The van der Waals surface area contributed by atoms with E-state index in [1.165, 1.54) is 12.1 Å².